The molecule has 1 heterocycles. The first-order chi connectivity index (χ1) is 8.56. The molecule has 100 valence electrons. The fraction of sp³-hybridized carbons (Fsp3) is 0.600. The number of likely N-dealkylation sites (N-methyl/N-ethyl adjacent to an activating group) is 1. The van der Waals surface area contributed by atoms with Gasteiger partial charge in [0.2, 0.25) is 0 Å². The van der Waals surface area contributed by atoms with Crippen LogP contribution in [-0.4, -0.2) is 43.0 Å². The standard InChI is InChI=1S/C15H23ClN2/c1-12(2)13-4-5-14(15(16)10-13)11-18-8-6-17(3)7-9-18/h4-5,10,12H,6-9,11H2,1-3H3. The molecule has 0 saturated carbocycles. The maximum atomic E-state index is 6.38. The number of hydrogen-bond acceptors (Lipinski definition) is 2. The van der Waals surface area contributed by atoms with Crippen molar-refractivity contribution in [2.45, 2.75) is 26.3 Å². The van der Waals surface area contributed by atoms with Crippen molar-refractivity contribution in [1.82, 2.24) is 9.80 Å². The van der Waals surface area contributed by atoms with E-state index in [9.17, 15) is 0 Å². The van der Waals surface area contributed by atoms with Crippen molar-refractivity contribution < 1.29 is 0 Å². The zero-order chi connectivity index (χ0) is 13.1. The lowest BCUT2D eigenvalue weighted by molar-refractivity contribution is 0.148. The van der Waals surface area contributed by atoms with Gasteiger partial charge in [0, 0.05) is 37.7 Å². The Morgan fingerprint density at radius 1 is 1.17 bits per heavy atom. The minimum Gasteiger partial charge on any atom is -0.304 e. The number of nitrogens with zero attached hydrogens (tertiary/aromatic N) is 2. The summed E-state index contributed by atoms with van der Waals surface area (Å²) in [5.41, 5.74) is 2.58. The molecule has 1 aliphatic heterocycles. The Kier molecular flexibility index (Phi) is 4.66. The molecule has 1 aromatic rings. The average Bonchev–Trinajstić information content (AvgIpc) is 2.34. The van der Waals surface area contributed by atoms with E-state index in [0.717, 1.165) is 37.7 Å². The summed E-state index contributed by atoms with van der Waals surface area (Å²) in [5.74, 6) is 0.542. The van der Waals surface area contributed by atoms with Crippen LogP contribution in [0.1, 0.15) is 30.9 Å². The van der Waals surface area contributed by atoms with E-state index >= 15 is 0 Å². The summed E-state index contributed by atoms with van der Waals surface area (Å²) in [6, 6.07) is 6.52. The molecule has 18 heavy (non-hydrogen) atoms. The minimum atomic E-state index is 0.542. The SMILES string of the molecule is CC(C)c1ccc(CN2CCN(C)CC2)c(Cl)c1. The van der Waals surface area contributed by atoms with Gasteiger partial charge in [0.1, 0.15) is 0 Å². The quantitative estimate of drug-likeness (QED) is 0.829. The van der Waals surface area contributed by atoms with Crippen LogP contribution in [0.4, 0.5) is 0 Å². The highest BCUT2D eigenvalue weighted by Gasteiger charge is 2.15. The summed E-state index contributed by atoms with van der Waals surface area (Å²) in [5, 5.41) is 0.917. The highest BCUT2D eigenvalue weighted by molar-refractivity contribution is 6.31. The Hall–Kier alpha value is -0.570. The third kappa shape index (κ3) is 3.47. The topological polar surface area (TPSA) is 6.48 Å². The lowest BCUT2D eigenvalue weighted by Crippen LogP contribution is -2.43. The van der Waals surface area contributed by atoms with Crippen molar-refractivity contribution in [3.8, 4) is 0 Å². The Morgan fingerprint density at radius 2 is 1.83 bits per heavy atom. The summed E-state index contributed by atoms with van der Waals surface area (Å²) < 4.78 is 0. The lowest BCUT2D eigenvalue weighted by atomic mass is 10.0. The van der Waals surface area contributed by atoms with Crippen LogP contribution in [0.5, 0.6) is 0 Å². The van der Waals surface area contributed by atoms with E-state index in [2.05, 4.69) is 48.9 Å². The van der Waals surface area contributed by atoms with E-state index < -0.39 is 0 Å². The zero-order valence-corrected chi connectivity index (χ0v) is 12.4. The minimum absolute atomic E-state index is 0.542. The van der Waals surface area contributed by atoms with Crippen LogP contribution in [0.2, 0.25) is 5.02 Å². The second-order valence-electron chi connectivity index (χ2n) is 5.58. The van der Waals surface area contributed by atoms with Gasteiger partial charge in [0.15, 0.2) is 0 Å². The monoisotopic (exact) mass is 266 g/mol. The lowest BCUT2D eigenvalue weighted by Gasteiger charge is -2.32. The molecule has 1 fully saturated rings. The molecule has 0 atom stereocenters. The fourth-order valence-electron chi connectivity index (χ4n) is 2.30. The van der Waals surface area contributed by atoms with E-state index in [4.69, 9.17) is 11.6 Å². The molecule has 0 aromatic heterocycles. The molecule has 0 spiro atoms. The van der Waals surface area contributed by atoms with Crippen LogP contribution < -0.4 is 0 Å². The summed E-state index contributed by atoms with van der Waals surface area (Å²) in [6.07, 6.45) is 0. The first-order valence-corrected chi connectivity index (χ1v) is 7.13. The normalized spacial score (nSPS) is 18.5. The van der Waals surface area contributed by atoms with Gasteiger partial charge in [-0.3, -0.25) is 4.90 Å². The van der Waals surface area contributed by atoms with Gasteiger partial charge in [0.05, 0.1) is 0 Å². The molecule has 0 radical (unpaired) electrons. The first kappa shape index (κ1) is 13.9. The van der Waals surface area contributed by atoms with Gasteiger partial charge in [-0.05, 0) is 30.2 Å². The van der Waals surface area contributed by atoms with E-state index in [-0.39, 0.29) is 0 Å². The van der Waals surface area contributed by atoms with Crippen molar-refractivity contribution >= 4 is 11.6 Å². The Labute approximate surface area is 116 Å². The van der Waals surface area contributed by atoms with E-state index in [0.29, 0.717) is 5.92 Å². The van der Waals surface area contributed by atoms with Crippen molar-refractivity contribution in [2.75, 3.05) is 33.2 Å². The molecule has 1 saturated heterocycles. The van der Waals surface area contributed by atoms with Crippen LogP contribution in [-0.2, 0) is 6.54 Å². The van der Waals surface area contributed by atoms with E-state index in [1.54, 1.807) is 0 Å². The third-order valence-corrected chi connectivity index (χ3v) is 4.09. The molecule has 2 nitrogen and oxygen atoms in total. The Balaban J connectivity index is 2.01. The number of piperazine rings is 1. The van der Waals surface area contributed by atoms with Gasteiger partial charge >= 0.3 is 0 Å². The first-order valence-electron chi connectivity index (χ1n) is 6.75. The van der Waals surface area contributed by atoms with Gasteiger partial charge in [-0.2, -0.15) is 0 Å². The summed E-state index contributed by atoms with van der Waals surface area (Å²) in [6.45, 7) is 9.96. The predicted octanol–water partition coefficient (Wildman–Crippen LogP) is 3.21. The predicted molar refractivity (Wildman–Crippen MR) is 78.3 cm³/mol. The molecule has 0 aliphatic carbocycles. The number of halogens is 1. The molecule has 0 unspecified atom stereocenters. The van der Waals surface area contributed by atoms with Crippen molar-refractivity contribution in [2.24, 2.45) is 0 Å². The van der Waals surface area contributed by atoms with Crippen molar-refractivity contribution in [3.63, 3.8) is 0 Å². The average molecular weight is 267 g/mol. The maximum absolute atomic E-state index is 6.38. The van der Waals surface area contributed by atoms with Gasteiger partial charge in [-0.1, -0.05) is 37.6 Å². The van der Waals surface area contributed by atoms with Crippen molar-refractivity contribution in [1.29, 1.82) is 0 Å². The molecule has 0 amide bonds. The van der Waals surface area contributed by atoms with E-state index in [1.165, 1.54) is 11.1 Å². The van der Waals surface area contributed by atoms with Crippen molar-refractivity contribution in [3.05, 3.63) is 34.3 Å². The van der Waals surface area contributed by atoms with Gasteiger partial charge < -0.3 is 4.90 Å². The summed E-state index contributed by atoms with van der Waals surface area (Å²) in [7, 11) is 2.18. The smallest absolute Gasteiger partial charge is 0.0453 e. The number of rotatable bonds is 3. The largest absolute Gasteiger partial charge is 0.304 e. The van der Waals surface area contributed by atoms with Gasteiger partial charge in [-0.15, -0.1) is 0 Å². The third-order valence-electron chi connectivity index (χ3n) is 3.73. The molecule has 0 N–H and O–H groups in total. The van der Waals surface area contributed by atoms with Crippen LogP contribution in [0, 0.1) is 0 Å². The molecule has 0 bridgehead atoms. The van der Waals surface area contributed by atoms with Crippen LogP contribution >= 0.6 is 11.6 Å². The number of hydrogen-bond donors (Lipinski definition) is 0. The van der Waals surface area contributed by atoms with Crippen LogP contribution in [0.25, 0.3) is 0 Å². The Morgan fingerprint density at radius 3 is 2.39 bits per heavy atom. The highest BCUT2D eigenvalue weighted by atomic mass is 35.5. The molecule has 2 rings (SSSR count). The molecular weight excluding hydrogens is 244 g/mol. The molecule has 1 aromatic carbocycles. The fourth-order valence-corrected chi connectivity index (χ4v) is 2.55. The molecular formula is C15H23ClN2. The number of benzene rings is 1. The summed E-state index contributed by atoms with van der Waals surface area (Å²) in [4.78, 5) is 4.86. The van der Waals surface area contributed by atoms with E-state index in [1.807, 2.05) is 0 Å². The van der Waals surface area contributed by atoms with Gasteiger partial charge in [-0.25, -0.2) is 0 Å². The molecule has 3 heteroatoms. The zero-order valence-electron chi connectivity index (χ0n) is 11.6. The second-order valence-corrected chi connectivity index (χ2v) is 5.99. The maximum Gasteiger partial charge on any atom is 0.0453 e. The molecule has 1 aliphatic rings. The Bertz CT molecular complexity index is 395. The summed E-state index contributed by atoms with van der Waals surface area (Å²) >= 11 is 6.38. The van der Waals surface area contributed by atoms with Crippen LogP contribution in [0.3, 0.4) is 0 Å². The highest BCUT2D eigenvalue weighted by Crippen LogP contribution is 2.24. The van der Waals surface area contributed by atoms with Crippen LogP contribution in [0.15, 0.2) is 18.2 Å². The second kappa shape index (κ2) is 6.05. The van der Waals surface area contributed by atoms with Gasteiger partial charge in [0.25, 0.3) is 0 Å².